The smallest absolute Gasteiger partial charge is 0.271 e. The quantitative estimate of drug-likeness (QED) is 0.905. The van der Waals surface area contributed by atoms with Crippen LogP contribution < -0.4 is 5.32 Å². The van der Waals surface area contributed by atoms with Crippen molar-refractivity contribution in [3.05, 3.63) is 41.7 Å². The largest absolute Gasteiger partial charge is 0.344 e. The van der Waals surface area contributed by atoms with E-state index in [2.05, 4.69) is 10.3 Å². The Morgan fingerprint density at radius 3 is 2.73 bits per heavy atom. The minimum Gasteiger partial charge on any atom is -0.344 e. The van der Waals surface area contributed by atoms with Crippen molar-refractivity contribution < 1.29 is 4.79 Å². The highest BCUT2D eigenvalue weighted by atomic mass is 35.5. The van der Waals surface area contributed by atoms with Crippen LogP contribution in [0.15, 0.2) is 24.5 Å². The molecule has 1 saturated heterocycles. The summed E-state index contributed by atoms with van der Waals surface area (Å²) >= 11 is 0. The van der Waals surface area contributed by atoms with Crippen LogP contribution in [-0.2, 0) is 14.1 Å². The first-order valence-electron chi connectivity index (χ1n) is 7.21. The SMILES string of the molecule is Cc1ccc(C(=O)N2CCNCC2c2nccn2C)n1C.Cl. The number of amides is 1. The number of carbonyl (C=O) groups excluding carboxylic acids is 1. The molecular formula is C15H22ClN5O. The molecule has 0 spiro atoms. The Hall–Kier alpha value is -1.79. The molecule has 1 amide bonds. The number of aryl methyl sites for hydroxylation is 2. The molecule has 0 bridgehead atoms. The topological polar surface area (TPSA) is 55.1 Å². The number of aromatic nitrogens is 3. The number of nitrogens with zero attached hydrogens (tertiary/aromatic N) is 4. The second kappa shape index (κ2) is 6.54. The number of hydrogen-bond donors (Lipinski definition) is 1. The van der Waals surface area contributed by atoms with Gasteiger partial charge in [-0.1, -0.05) is 0 Å². The molecular weight excluding hydrogens is 302 g/mol. The van der Waals surface area contributed by atoms with Gasteiger partial charge in [0, 0.05) is 51.8 Å². The lowest BCUT2D eigenvalue weighted by molar-refractivity contribution is 0.0610. The Kier molecular flexibility index (Phi) is 4.93. The predicted octanol–water partition coefficient (Wildman–Crippen LogP) is 1.28. The van der Waals surface area contributed by atoms with Crippen LogP contribution in [0.4, 0.5) is 0 Å². The number of imidazole rings is 1. The Morgan fingerprint density at radius 1 is 1.36 bits per heavy atom. The molecule has 22 heavy (non-hydrogen) atoms. The Morgan fingerprint density at radius 2 is 2.14 bits per heavy atom. The Bertz CT molecular complexity index is 663. The summed E-state index contributed by atoms with van der Waals surface area (Å²) in [5.41, 5.74) is 1.82. The Labute approximate surface area is 136 Å². The van der Waals surface area contributed by atoms with E-state index >= 15 is 0 Å². The highest BCUT2D eigenvalue weighted by Crippen LogP contribution is 2.23. The summed E-state index contributed by atoms with van der Waals surface area (Å²) in [6.07, 6.45) is 3.69. The summed E-state index contributed by atoms with van der Waals surface area (Å²) in [7, 11) is 3.90. The second-order valence-electron chi connectivity index (χ2n) is 5.53. The molecule has 1 N–H and O–H groups in total. The van der Waals surface area contributed by atoms with Crippen LogP contribution in [0.5, 0.6) is 0 Å². The van der Waals surface area contributed by atoms with Gasteiger partial charge in [-0.05, 0) is 19.1 Å². The molecule has 2 aromatic rings. The number of halogens is 1. The van der Waals surface area contributed by atoms with Gasteiger partial charge in [0.25, 0.3) is 5.91 Å². The number of hydrogen-bond acceptors (Lipinski definition) is 3. The third kappa shape index (κ3) is 2.76. The monoisotopic (exact) mass is 323 g/mol. The van der Waals surface area contributed by atoms with E-state index < -0.39 is 0 Å². The fraction of sp³-hybridized carbons (Fsp3) is 0.467. The van der Waals surface area contributed by atoms with Crippen molar-refractivity contribution in [1.29, 1.82) is 0 Å². The molecule has 3 rings (SSSR count). The van der Waals surface area contributed by atoms with Crippen molar-refractivity contribution >= 4 is 18.3 Å². The number of piperazine rings is 1. The molecule has 3 heterocycles. The van der Waals surface area contributed by atoms with Crippen molar-refractivity contribution in [1.82, 2.24) is 24.3 Å². The molecule has 0 radical (unpaired) electrons. The van der Waals surface area contributed by atoms with Gasteiger partial charge in [-0.15, -0.1) is 12.4 Å². The van der Waals surface area contributed by atoms with Crippen LogP contribution >= 0.6 is 12.4 Å². The minimum atomic E-state index is -0.0264. The van der Waals surface area contributed by atoms with Crippen molar-refractivity contribution in [2.75, 3.05) is 19.6 Å². The average molecular weight is 324 g/mol. The number of nitrogens with one attached hydrogen (secondary N) is 1. The molecule has 0 saturated carbocycles. The highest BCUT2D eigenvalue weighted by Gasteiger charge is 2.32. The van der Waals surface area contributed by atoms with Crippen molar-refractivity contribution in [3.8, 4) is 0 Å². The number of rotatable bonds is 2. The third-order valence-electron chi connectivity index (χ3n) is 4.25. The van der Waals surface area contributed by atoms with Gasteiger partial charge in [0.2, 0.25) is 0 Å². The lowest BCUT2D eigenvalue weighted by Crippen LogP contribution is -2.49. The molecule has 1 aliphatic heterocycles. The zero-order valence-electron chi connectivity index (χ0n) is 13.1. The first-order valence-corrected chi connectivity index (χ1v) is 7.21. The summed E-state index contributed by atoms with van der Waals surface area (Å²) in [5.74, 6) is 0.988. The van der Waals surface area contributed by atoms with E-state index in [4.69, 9.17) is 0 Å². The van der Waals surface area contributed by atoms with E-state index in [9.17, 15) is 4.79 Å². The maximum atomic E-state index is 12.9. The number of carbonyl (C=O) groups is 1. The predicted molar refractivity (Wildman–Crippen MR) is 87.3 cm³/mol. The van der Waals surface area contributed by atoms with Gasteiger partial charge >= 0.3 is 0 Å². The lowest BCUT2D eigenvalue weighted by atomic mass is 10.1. The first-order chi connectivity index (χ1) is 10.1. The van der Waals surface area contributed by atoms with Crippen molar-refractivity contribution in [2.45, 2.75) is 13.0 Å². The molecule has 0 aromatic carbocycles. The van der Waals surface area contributed by atoms with Gasteiger partial charge in [-0.25, -0.2) is 4.98 Å². The molecule has 0 aliphatic carbocycles. The summed E-state index contributed by atoms with van der Waals surface area (Å²) in [6.45, 7) is 4.25. The fourth-order valence-electron chi connectivity index (χ4n) is 2.85. The minimum absolute atomic E-state index is 0. The molecule has 1 atom stereocenters. The van der Waals surface area contributed by atoms with E-state index in [-0.39, 0.29) is 24.4 Å². The van der Waals surface area contributed by atoms with Gasteiger partial charge < -0.3 is 19.4 Å². The maximum Gasteiger partial charge on any atom is 0.271 e. The molecule has 1 aliphatic rings. The van der Waals surface area contributed by atoms with Crippen LogP contribution in [0, 0.1) is 6.92 Å². The van der Waals surface area contributed by atoms with Crippen molar-refractivity contribution in [3.63, 3.8) is 0 Å². The molecule has 1 fully saturated rings. The van der Waals surface area contributed by atoms with E-state index in [0.717, 1.165) is 30.3 Å². The van der Waals surface area contributed by atoms with Crippen molar-refractivity contribution in [2.24, 2.45) is 14.1 Å². The van der Waals surface area contributed by atoms with Crippen LogP contribution in [0.2, 0.25) is 0 Å². The van der Waals surface area contributed by atoms with Crippen LogP contribution in [0.25, 0.3) is 0 Å². The van der Waals surface area contributed by atoms with Crippen LogP contribution in [-0.4, -0.2) is 44.6 Å². The van der Waals surface area contributed by atoms with Gasteiger partial charge in [0.05, 0.1) is 0 Å². The zero-order chi connectivity index (χ0) is 15.0. The first kappa shape index (κ1) is 16.6. The van der Waals surface area contributed by atoms with Crippen LogP contribution in [0.3, 0.4) is 0 Å². The van der Waals surface area contributed by atoms with E-state index in [0.29, 0.717) is 6.54 Å². The van der Waals surface area contributed by atoms with Gasteiger partial charge in [-0.2, -0.15) is 0 Å². The Balaban J connectivity index is 0.00000176. The van der Waals surface area contributed by atoms with E-state index in [1.54, 1.807) is 6.20 Å². The van der Waals surface area contributed by atoms with Gasteiger partial charge in [-0.3, -0.25) is 4.79 Å². The van der Waals surface area contributed by atoms with Gasteiger partial charge in [0.1, 0.15) is 17.6 Å². The lowest BCUT2D eigenvalue weighted by Gasteiger charge is -2.35. The van der Waals surface area contributed by atoms with E-state index in [1.807, 2.05) is 53.4 Å². The standard InChI is InChI=1S/C15H21N5O.ClH/c1-11-4-5-12(19(11)3)15(21)20-9-6-16-10-13(20)14-17-7-8-18(14)2;/h4-5,7-8,13,16H,6,9-10H2,1-3H3;1H. The highest BCUT2D eigenvalue weighted by molar-refractivity contribution is 5.93. The molecule has 7 heteroatoms. The van der Waals surface area contributed by atoms with Crippen LogP contribution in [0.1, 0.15) is 28.0 Å². The summed E-state index contributed by atoms with van der Waals surface area (Å²) in [4.78, 5) is 19.2. The summed E-state index contributed by atoms with van der Waals surface area (Å²) in [6, 6.07) is 3.85. The molecule has 1 unspecified atom stereocenters. The van der Waals surface area contributed by atoms with E-state index in [1.165, 1.54) is 0 Å². The summed E-state index contributed by atoms with van der Waals surface area (Å²) in [5, 5.41) is 3.35. The molecule has 6 nitrogen and oxygen atoms in total. The van der Waals surface area contributed by atoms with Gasteiger partial charge in [0.15, 0.2) is 0 Å². The molecule has 2 aromatic heterocycles. The average Bonchev–Trinajstić information content (AvgIpc) is 3.05. The zero-order valence-corrected chi connectivity index (χ0v) is 13.9. The summed E-state index contributed by atoms with van der Waals surface area (Å²) < 4.78 is 3.92. The third-order valence-corrected chi connectivity index (χ3v) is 4.25. The second-order valence-corrected chi connectivity index (χ2v) is 5.53. The fourth-order valence-corrected chi connectivity index (χ4v) is 2.85. The normalized spacial score (nSPS) is 18.1. The molecule has 120 valence electrons. The maximum absolute atomic E-state index is 12.9.